The fourth-order valence-electron chi connectivity index (χ4n) is 0.744. The number of halogens is 2. The molecule has 0 saturated heterocycles. The highest BCUT2D eigenvalue weighted by molar-refractivity contribution is 5.87. The van der Waals surface area contributed by atoms with E-state index in [1.807, 2.05) is 0 Å². The number of hydrogen-bond donors (Lipinski definition) is 1. The van der Waals surface area contributed by atoms with E-state index < -0.39 is 18.0 Å². The quantitative estimate of drug-likeness (QED) is 0.739. The third-order valence-corrected chi connectivity index (χ3v) is 1.31. The van der Waals surface area contributed by atoms with Gasteiger partial charge in [-0.3, -0.25) is 0 Å². The van der Waals surface area contributed by atoms with Crippen molar-refractivity contribution >= 4 is 5.97 Å². The van der Waals surface area contributed by atoms with Gasteiger partial charge >= 0.3 is 5.97 Å². The van der Waals surface area contributed by atoms with Crippen molar-refractivity contribution in [3.63, 3.8) is 0 Å². The molecule has 2 nitrogen and oxygen atoms in total. The van der Waals surface area contributed by atoms with Crippen LogP contribution in [0.2, 0.25) is 0 Å². The highest BCUT2D eigenvalue weighted by Gasteiger charge is 2.09. The van der Waals surface area contributed by atoms with Crippen LogP contribution in [0.3, 0.4) is 0 Å². The Kier molecular flexibility index (Phi) is 2.38. The number of carboxylic acid groups (broad SMARTS) is 1. The molecular weight excluding hydrogens is 166 g/mol. The molecule has 1 aromatic rings. The zero-order valence-corrected chi connectivity index (χ0v) is 5.92. The average Bonchev–Trinajstić information content (AvgIpc) is 2.04. The molecule has 1 aromatic carbocycles. The van der Waals surface area contributed by atoms with Crippen LogP contribution in [0.25, 0.3) is 0 Å². The lowest BCUT2D eigenvalue weighted by Crippen LogP contribution is -1.97. The molecule has 1 rings (SSSR count). The number of rotatable bonds is 2. The maximum atomic E-state index is 12.0. The lowest BCUT2D eigenvalue weighted by atomic mass is 10.1. The lowest BCUT2D eigenvalue weighted by Gasteiger charge is -1.98. The molecule has 0 atom stereocenters. The van der Waals surface area contributed by atoms with E-state index >= 15 is 0 Å². The summed E-state index contributed by atoms with van der Waals surface area (Å²) >= 11 is 0. The highest BCUT2D eigenvalue weighted by atomic mass is 19.3. The van der Waals surface area contributed by atoms with Crippen LogP contribution < -0.4 is 0 Å². The van der Waals surface area contributed by atoms with Crippen LogP contribution in [-0.4, -0.2) is 11.1 Å². The van der Waals surface area contributed by atoms with Gasteiger partial charge in [-0.05, 0) is 18.2 Å². The Bertz CT molecular complexity index is 297. The molecule has 63 valence electrons. The van der Waals surface area contributed by atoms with E-state index in [4.69, 9.17) is 5.11 Å². The molecule has 0 aliphatic rings. The van der Waals surface area contributed by atoms with E-state index in [-0.39, 0.29) is 5.56 Å². The van der Waals surface area contributed by atoms with Crippen molar-refractivity contribution < 1.29 is 18.7 Å². The van der Waals surface area contributed by atoms with Gasteiger partial charge < -0.3 is 5.11 Å². The Balaban J connectivity index is 3.04. The molecular formula is C8H5F2O2. The second-order valence-electron chi connectivity index (χ2n) is 2.14. The fourth-order valence-corrected chi connectivity index (χ4v) is 0.744. The van der Waals surface area contributed by atoms with Crippen molar-refractivity contribution in [3.8, 4) is 0 Å². The van der Waals surface area contributed by atoms with E-state index in [2.05, 4.69) is 6.07 Å². The molecule has 1 radical (unpaired) electrons. The monoisotopic (exact) mass is 171 g/mol. The summed E-state index contributed by atoms with van der Waals surface area (Å²) in [6.45, 7) is 0. The van der Waals surface area contributed by atoms with Crippen molar-refractivity contribution in [2.45, 2.75) is 6.43 Å². The molecule has 0 saturated carbocycles. The normalized spacial score (nSPS) is 10.2. The van der Waals surface area contributed by atoms with E-state index in [0.717, 1.165) is 6.07 Å². The predicted octanol–water partition coefficient (Wildman–Crippen LogP) is 2.12. The Morgan fingerprint density at radius 2 is 2.25 bits per heavy atom. The summed E-state index contributed by atoms with van der Waals surface area (Å²) in [7, 11) is 0. The third-order valence-electron chi connectivity index (χ3n) is 1.31. The van der Waals surface area contributed by atoms with Gasteiger partial charge in [0.25, 0.3) is 6.43 Å². The zero-order valence-electron chi connectivity index (χ0n) is 5.92. The van der Waals surface area contributed by atoms with Crippen molar-refractivity contribution in [2.75, 3.05) is 0 Å². The molecule has 0 aliphatic heterocycles. The van der Waals surface area contributed by atoms with Crippen LogP contribution >= 0.6 is 0 Å². The number of carbonyl (C=O) groups is 1. The van der Waals surface area contributed by atoms with Crippen LogP contribution in [-0.2, 0) is 0 Å². The summed E-state index contributed by atoms with van der Waals surface area (Å²) in [5.74, 6) is -1.22. The molecule has 0 amide bonds. The Morgan fingerprint density at radius 3 is 2.75 bits per heavy atom. The second-order valence-corrected chi connectivity index (χ2v) is 2.14. The topological polar surface area (TPSA) is 37.3 Å². The largest absolute Gasteiger partial charge is 0.478 e. The first kappa shape index (κ1) is 8.64. The van der Waals surface area contributed by atoms with E-state index in [9.17, 15) is 13.6 Å². The zero-order chi connectivity index (χ0) is 9.14. The number of hydrogen-bond acceptors (Lipinski definition) is 1. The Hall–Kier alpha value is -1.45. The number of aromatic carboxylic acids is 1. The molecule has 0 aromatic heterocycles. The average molecular weight is 171 g/mol. The van der Waals surface area contributed by atoms with Gasteiger partial charge in [-0.15, -0.1) is 0 Å². The van der Waals surface area contributed by atoms with Gasteiger partial charge in [-0.25, -0.2) is 13.6 Å². The standard InChI is InChI=1S/C8H5F2O2/c9-7(10)5-2-1-3-6(4-5)8(11)12/h1,3-4,7H,(H,11,12). The predicted molar refractivity (Wildman–Crippen MR) is 37.2 cm³/mol. The van der Waals surface area contributed by atoms with Gasteiger partial charge in [0.2, 0.25) is 0 Å². The molecule has 0 bridgehead atoms. The Morgan fingerprint density at radius 1 is 1.58 bits per heavy atom. The molecule has 0 fully saturated rings. The minimum absolute atomic E-state index is 0.149. The number of carboxylic acids is 1. The lowest BCUT2D eigenvalue weighted by molar-refractivity contribution is 0.0696. The molecule has 12 heavy (non-hydrogen) atoms. The molecule has 0 heterocycles. The first-order chi connectivity index (χ1) is 5.61. The van der Waals surface area contributed by atoms with Crippen LogP contribution in [0, 0.1) is 6.07 Å². The van der Waals surface area contributed by atoms with Crippen molar-refractivity contribution in [1.82, 2.24) is 0 Å². The molecule has 0 spiro atoms. The molecule has 1 N–H and O–H groups in total. The summed E-state index contributed by atoms with van der Waals surface area (Å²) < 4.78 is 24.0. The molecule has 4 heteroatoms. The van der Waals surface area contributed by atoms with Gasteiger partial charge in [-0.1, -0.05) is 6.07 Å². The smallest absolute Gasteiger partial charge is 0.335 e. The minimum Gasteiger partial charge on any atom is -0.478 e. The minimum atomic E-state index is -2.68. The summed E-state index contributed by atoms with van der Waals surface area (Å²) in [5.41, 5.74) is -0.543. The van der Waals surface area contributed by atoms with Crippen LogP contribution in [0.15, 0.2) is 18.2 Å². The molecule has 0 unspecified atom stereocenters. The van der Waals surface area contributed by atoms with Crippen LogP contribution in [0.4, 0.5) is 8.78 Å². The van der Waals surface area contributed by atoms with Crippen LogP contribution in [0.1, 0.15) is 22.3 Å². The van der Waals surface area contributed by atoms with E-state index in [0.29, 0.717) is 0 Å². The third kappa shape index (κ3) is 1.78. The van der Waals surface area contributed by atoms with E-state index in [1.54, 1.807) is 0 Å². The maximum absolute atomic E-state index is 12.0. The SMILES string of the molecule is O=C(O)c1cc[c]c(C(F)F)c1. The van der Waals surface area contributed by atoms with Gasteiger partial charge in [0, 0.05) is 5.56 Å². The fraction of sp³-hybridized carbons (Fsp3) is 0.125. The van der Waals surface area contributed by atoms with E-state index in [1.165, 1.54) is 12.1 Å². The first-order valence-corrected chi connectivity index (χ1v) is 3.14. The van der Waals surface area contributed by atoms with Gasteiger partial charge in [-0.2, -0.15) is 0 Å². The highest BCUT2D eigenvalue weighted by Crippen LogP contribution is 2.18. The summed E-state index contributed by atoms with van der Waals surface area (Å²) in [6.07, 6.45) is -2.68. The van der Waals surface area contributed by atoms with Crippen LogP contribution in [0.5, 0.6) is 0 Å². The maximum Gasteiger partial charge on any atom is 0.335 e. The van der Waals surface area contributed by atoms with Gasteiger partial charge in [0.1, 0.15) is 0 Å². The summed E-state index contributed by atoms with van der Waals surface area (Å²) in [5, 5.41) is 8.43. The number of alkyl halides is 2. The molecule has 0 aliphatic carbocycles. The summed E-state index contributed by atoms with van der Waals surface area (Å²) in [6, 6.07) is 5.55. The number of benzene rings is 1. The summed E-state index contributed by atoms with van der Waals surface area (Å²) in [4.78, 5) is 10.3. The van der Waals surface area contributed by atoms with Gasteiger partial charge in [0.15, 0.2) is 0 Å². The van der Waals surface area contributed by atoms with Crippen molar-refractivity contribution in [3.05, 3.63) is 35.4 Å². The first-order valence-electron chi connectivity index (χ1n) is 3.14. The van der Waals surface area contributed by atoms with Crippen molar-refractivity contribution in [2.24, 2.45) is 0 Å². The van der Waals surface area contributed by atoms with Crippen molar-refractivity contribution in [1.29, 1.82) is 0 Å². The second kappa shape index (κ2) is 3.30. The van der Waals surface area contributed by atoms with Gasteiger partial charge in [0.05, 0.1) is 5.56 Å². The Labute approximate surface area is 67.4 Å².